The Kier molecular flexibility index (Phi) is 3.77. The largest absolute Gasteiger partial charge is 0.492 e. The average molecular weight is 258 g/mol. The van der Waals surface area contributed by atoms with Crippen LogP contribution in [0.1, 0.15) is 17.3 Å². The van der Waals surface area contributed by atoms with Crippen LogP contribution in [0.2, 0.25) is 0 Å². The maximum atomic E-state index is 11.5. The van der Waals surface area contributed by atoms with Crippen LogP contribution >= 0.6 is 0 Å². The highest BCUT2D eigenvalue weighted by atomic mass is 32.2. The number of sulfone groups is 1. The fraction of sp³-hybridized carbons (Fsp3) is 0.364. The molecule has 0 N–H and O–H groups in total. The molecule has 0 spiro atoms. The molecule has 0 fully saturated rings. The van der Waals surface area contributed by atoms with Crippen molar-refractivity contribution in [3.63, 3.8) is 0 Å². The van der Waals surface area contributed by atoms with Crippen molar-refractivity contribution in [2.75, 3.05) is 20.5 Å². The zero-order valence-corrected chi connectivity index (χ0v) is 10.9. The van der Waals surface area contributed by atoms with Crippen molar-refractivity contribution >= 4 is 15.6 Å². The van der Waals surface area contributed by atoms with Crippen molar-refractivity contribution in [1.29, 1.82) is 0 Å². The normalized spacial score (nSPS) is 11.1. The summed E-state index contributed by atoms with van der Waals surface area (Å²) in [6, 6.07) is 2.76. The third-order valence-electron chi connectivity index (χ3n) is 2.26. The van der Waals surface area contributed by atoms with E-state index < -0.39 is 9.84 Å². The molecular formula is C11H14O5S. The molecule has 0 heterocycles. The Balaban J connectivity index is 3.66. The fourth-order valence-electron chi connectivity index (χ4n) is 1.51. The highest BCUT2D eigenvalue weighted by molar-refractivity contribution is 7.90. The van der Waals surface area contributed by atoms with E-state index >= 15 is 0 Å². The lowest BCUT2D eigenvalue weighted by Gasteiger charge is -2.14. The van der Waals surface area contributed by atoms with Crippen LogP contribution in [0.15, 0.2) is 17.0 Å². The van der Waals surface area contributed by atoms with Crippen LogP contribution < -0.4 is 9.47 Å². The Morgan fingerprint density at radius 1 is 1.12 bits per heavy atom. The SMILES string of the molecule is COc1c(C(C)=O)ccc(S(C)(=O)=O)c1OC. The molecule has 0 saturated heterocycles. The van der Waals surface area contributed by atoms with Crippen LogP contribution in [0, 0.1) is 0 Å². The van der Waals surface area contributed by atoms with Crippen LogP contribution in [-0.2, 0) is 9.84 Å². The molecule has 0 radical (unpaired) electrons. The summed E-state index contributed by atoms with van der Waals surface area (Å²) in [6.45, 7) is 1.37. The molecule has 0 aliphatic carbocycles. The molecule has 0 amide bonds. The minimum absolute atomic E-state index is 0.00171. The number of methoxy groups -OCH3 is 2. The number of hydrogen-bond donors (Lipinski definition) is 0. The van der Waals surface area contributed by atoms with Crippen LogP contribution in [0.25, 0.3) is 0 Å². The lowest BCUT2D eigenvalue weighted by molar-refractivity contribution is 0.101. The maximum absolute atomic E-state index is 11.5. The third kappa shape index (κ3) is 2.58. The molecule has 0 aliphatic rings. The quantitative estimate of drug-likeness (QED) is 0.761. The van der Waals surface area contributed by atoms with Gasteiger partial charge < -0.3 is 9.47 Å². The summed E-state index contributed by atoms with van der Waals surface area (Å²) >= 11 is 0. The predicted molar refractivity (Wildman–Crippen MR) is 62.7 cm³/mol. The lowest BCUT2D eigenvalue weighted by Crippen LogP contribution is -2.06. The van der Waals surface area contributed by atoms with Gasteiger partial charge in [-0.3, -0.25) is 4.79 Å². The van der Waals surface area contributed by atoms with Gasteiger partial charge in [0.05, 0.1) is 19.8 Å². The monoisotopic (exact) mass is 258 g/mol. The number of Topliss-reactive ketones (excluding diaryl/α,β-unsaturated/α-hetero) is 1. The number of ether oxygens (including phenoxy) is 2. The molecule has 0 bridgehead atoms. The molecule has 5 nitrogen and oxygen atoms in total. The summed E-state index contributed by atoms with van der Waals surface area (Å²) in [5, 5.41) is 0. The van der Waals surface area contributed by atoms with E-state index in [2.05, 4.69) is 0 Å². The zero-order valence-electron chi connectivity index (χ0n) is 10.1. The van der Waals surface area contributed by atoms with E-state index in [9.17, 15) is 13.2 Å². The van der Waals surface area contributed by atoms with Gasteiger partial charge in [-0.05, 0) is 19.1 Å². The van der Waals surface area contributed by atoms with Gasteiger partial charge in [-0.15, -0.1) is 0 Å². The van der Waals surface area contributed by atoms with Gasteiger partial charge in [-0.25, -0.2) is 8.42 Å². The minimum Gasteiger partial charge on any atom is -0.492 e. The number of benzene rings is 1. The first kappa shape index (κ1) is 13.5. The van der Waals surface area contributed by atoms with Crippen molar-refractivity contribution in [1.82, 2.24) is 0 Å². The van der Waals surface area contributed by atoms with Crippen LogP contribution in [0.3, 0.4) is 0 Å². The van der Waals surface area contributed by atoms with Gasteiger partial charge in [0.1, 0.15) is 4.90 Å². The van der Waals surface area contributed by atoms with Crippen LogP contribution in [-0.4, -0.2) is 34.7 Å². The lowest BCUT2D eigenvalue weighted by atomic mass is 10.1. The van der Waals surface area contributed by atoms with Gasteiger partial charge in [0.15, 0.2) is 27.1 Å². The second-order valence-electron chi connectivity index (χ2n) is 3.51. The van der Waals surface area contributed by atoms with Gasteiger partial charge in [-0.2, -0.15) is 0 Å². The van der Waals surface area contributed by atoms with Gasteiger partial charge >= 0.3 is 0 Å². The summed E-state index contributed by atoms with van der Waals surface area (Å²) in [5.74, 6) is -0.0224. The molecule has 0 saturated carbocycles. The maximum Gasteiger partial charge on any atom is 0.180 e. The average Bonchev–Trinajstić information content (AvgIpc) is 2.25. The Labute approximate surface area is 100 Å². The van der Waals surface area contributed by atoms with Crippen molar-refractivity contribution in [3.05, 3.63) is 17.7 Å². The van der Waals surface area contributed by atoms with Gasteiger partial charge in [-0.1, -0.05) is 0 Å². The molecule has 1 aromatic rings. The van der Waals surface area contributed by atoms with E-state index in [0.29, 0.717) is 0 Å². The molecule has 6 heteroatoms. The predicted octanol–water partition coefficient (Wildman–Crippen LogP) is 1.31. The Morgan fingerprint density at radius 3 is 2.00 bits per heavy atom. The topological polar surface area (TPSA) is 69.7 Å². The second-order valence-corrected chi connectivity index (χ2v) is 5.49. The summed E-state index contributed by atoms with van der Waals surface area (Å²) in [4.78, 5) is 11.4. The van der Waals surface area contributed by atoms with Gasteiger partial charge in [0.2, 0.25) is 0 Å². The van der Waals surface area contributed by atoms with E-state index in [-0.39, 0.29) is 27.7 Å². The van der Waals surface area contributed by atoms with E-state index in [4.69, 9.17) is 9.47 Å². The van der Waals surface area contributed by atoms with Crippen molar-refractivity contribution < 1.29 is 22.7 Å². The molecular weight excluding hydrogens is 244 g/mol. The first-order valence-corrected chi connectivity index (χ1v) is 6.68. The molecule has 17 heavy (non-hydrogen) atoms. The highest BCUT2D eigenvalue weighted by Gasteiger charge is 2.22. The molecule has 0 aromatic heterocycles. The number of carbonyl (C=O) groups excluding carboxylic acids is 1. The Hall–Kier alpha value is -1.56. The van der Waals surface area contributed by atoms with Crippen molar-refractivity contribution in [3.8, 4) is 11.5 Å². The number of ketones is 1. The van der Waals surface area contributed by atoms with E-state index in [1.165, 1.54) is 33.3 Å². The molecule has 94 valence electrons. The number of hydrogen-bond acceptors (Lipinski definition) is 5. The number of rotatable bonds is 4. The van der Waals surface area contributed by atoms with E-state index in [1.807, 2.05) is 0 Å². The first-order chi connectivity index (χ1) is 7.82. The second kappa shape index (κ2) is 4.75. The summed E-state index contributed by atoms with van der Waals surface area (Å²) < 4.78 is 33.2. The van der Waals surface area contributed by atoms with Crippen molar-refractivity contribution in [2.24, 2.45) is 0 Å². The first-order valence-electron chi connectivity index (χ1n) is 4.79. The van der Waals surface area contributed by atoms with Crippen LogP contribution in [0.4, 0.5) is 0 Å². The molecule has 0 atom stereocenters. The zero-order chi connectivity index (χ0) is 13.2. The molecule has 1 rings (SSSR count). The standard InChI is InChI=1S/C11H14O5S/c1-7(12)8-5-6-9(17(4,13)14)11(16-3)10(8)15-2/h5-6H,1-4H3. The smallest absolute Gasteiger partial charge is 0.180 e. The third-order valence-corrected chi connectivity index (χ3v) is 3.38. The Bertz CT molecular complexity index is 545. The Morgan fingerprint density at radius 2 is 1.65 bits per heavy atom. The van der Waals surface area contributed by atoms with Gasteiger partial charge in [0.25, 0.3) is 0 Å². The fourth-order valence-corrected chi connectivity index (χ4v) is 2.34. The van der Waals surface area contributed by atoms with E-state index in [0.717, 1.165) is 6.26 Å². The molecule has 0 aliphatic heterocycles. The summed E-state index contributed by atoms with van der Waals surface area (Å²) in [7, 11) is -0.750. The van der Waals surface area contributed by atoms with E-state index in [1.54, 1.807) is 0 Å². The summed E-state index contributed by atoms with van der Waals surface area (Å²) in [5.41, 5.74) is 0.289. The summed E-state index contributed by atoms with van der Waals surface area (Å²) in [6.07, 6.45) is 1.07. The van der Waals surface area contributed by atoms with Gasteiger partial charge in [0, 0.05) is 6.26 Å². The molecule has 1 aromatic carbocycles. The van der Waals surface area contributed by atoms with Crippen LogP contribution in [0.5, 0.6) is 11.5 Å². The minimum atomic E-state index is -3.44. The molecule has 0 unspecified atom stereocenters. The number of carbonyl (C=O) groups is 1. The van der Waals surface area contributed by atoms with Crippen molar-refractivity contribution in [2.45, 2.75) is 11.8 Å². The highest BCUT2D eigenvalue weighted by Crippen LogP contribution is 2.37.